The van der Waals surface area contributed by atoms with Crippen molar-refractivity contribution in [1.29, 1.82) is 0 Å². The molecule has 5 nitrogen and oxygen atoms in total. The predicted molar refractivity (Wildman–Crippen MR) is 111 cm³/mol. The van der Waals surface area contributed by atoms with Gasteiger partial charge in [0.05, 0.1) is 24.1 Å². The SMILES string of the molecule is Cc1ccc(N2C(=O)CN(Cc3ccc(Cl)cc3)[C@@H]3CS(=O)(=O)C[C@H]32)cc1C. The molecule has 2 aliphatic heterocycles. The van der Waals surface area contributed by atoms with Crippen LogP contribution in [-0.2, 0) is 21.2 Å². The van der Waals surface area contributed by atoms with E-state index in [4.69, 9.17) is 11.6 Å². The standard InChI is InChI=1S/C21H23ClN2O3S/c1-14-3-8-18(9-15(14)2)24-20-13-28(26,27)12-19(20)23(11-21(24)25)10-16-4-6-17(22)7-5-16/h3-9,19-20H,10-13H2,1-2H3/t19-,20-/m1/s1. The Labute approximate surface area is 170 Å². The summed E-state index contributed by atoms with van der Waals surface area (Å²) in [5.74, 6) is 0.0309. The van der Waals surface area contributed by atoms with Gasteiger partial charge in [-0.1, -0.05) is 29.8 Å². The van der Waals surface area contributed by atoms with Gasteiger partial charge in [-0.25, -0.2) is 8.42 Å². The Bertz CT molecular complexity index is 1020. The molecule has 0 radical (unpaired) electrons. The zero-order valence-electron chi connectivity index (χ0n) is 15.9. The molecule has 0 spiro atoms. The van der Waals surface area contributed by atoms with E-state index >= 15 is 0 Å². The highest BCUT2D eigenvalue weighted by Crippen LogP contribution is 2.33. The number of fused-ring (bicyclic) bond motifs is 1. The van der Waals surface area contributed by atoms with Crippen LogP contribution in [0, 0.1) is 13.8 Å². The van der Waals surface area contributed by atoms with Gasteiger partial charge in [0.25, 0.3) is 0 Å². The van der Waals surface area contributed by atoms with Crippen LogP contribution in [0.15, 0.2) is 42.5 Å². The third-order valence-corrected chi connectivity index (χ3v) is 7.72. The molecule has 2 aromatic rings. The van der Waals surface area contributed by atoms with Gasteiger partial charge in [-0.3, -0.25) is 9.69 Å². The number of carbonyl (C=O) groups is 1. The van der Waals surface area contributed by atoms with E-state index in [0.29, 0.717) is 11.6 Å². The summed E-state index contributed by atoms with van der Waals surface area (Å²) in [4.78, 5) is 16.8. The summed E-state index contributed by atoms with van der Waals surface area (Å²) in [7, 11) is -3.20. The molecule has 0 saturated carbocycles. The number of sulfone groups is 1. The lowest BCUT2D eigenvalue weighted by atomic mass is 10.0. The van der Waals surface area contributed by atoms with Crippen LogP contribution >= 0.6 is 11.6 Å². The highest BCUT2D eigenvalue weighted by Gasteiger charge is 2.49. The van der Waals surface area contributed by atoms with E-state index in [1.807, 2.05) is 61.2 Å². The number of amides is 1. The monoisotopic (exact) mass is 418 g/mol. The lowest BCUT2D eigenvalue weighted by molar-refractivity contribution is -0.123. The van der Waals surface area contributed by atoms with Gasteiger partial charge in [0.2, 0.25) is 5.91 Å². The Morgan fingerprint density at radius 2 is 1.68 bits per heavy atom. The highest BCUT2D eigenvalue weighted by molar-refractivity contribution is 7.91. The van der Waals surface area contributed by atoms with Crippen LogP contribution in [0.4, 0.5) is 5.69 Å². The lowest BCUT2D eigenvalue weighted by Gasteiger charge is -2.43. The molecule has 2 heterocycles. The number of hydrogen-bond donors (Lipinski definition) is 0. The van der Waals surface area contributed by atoms with Crippen molar-refractivity contribution >= 4 is 33.0 Å². The minimum atomic E-state index is -3.20. The highest BCUT2D eigenvalue weighted by atomic mass is 35.5. The molecule has 4 rings (SSSR count). The zero-order chi connectivity index (χ0) is 20.1. The predicted octanol–water partition coefficient (Wildman–Crippen LogP) is 2.97. The number of benzene rings is 2. The number of hydrogen-bond acceptors (Lipinski definition) is 4. The maximum atomic E-state index is 13.1. The summed E-state index contributed by atoms with van der Waals surface area (Å²) < 4.78 is 24.9. The molecule has 0 N–H and O–H groups in total. The molecule has 0 unspecified atom stereocenters. The normalized spacial score (nSPS) is 24.4. The molecule has 2 atom stereocenters. The second-order valence-electron chi connectivity index (χ2n) is 7.78. The summed E-state index contributed by atoms with van der Waals surface area (Å²) in [5, 5.41) is 0.653. The molecule has 0 aliphatic carbocycles. The number of piperazine rings is 1. The van der Waals surface area contributed by atoms with Gasteiger partial charge in [0.15, 0.2) is 9.84 Å². The summed E-state index contributed by atoms with van der Waals surface area (Å²) in [6, 6.07) is 12.8. The van der Waals surface area contributed by atoms with Crippen molar-refractivity contribution in [2.75, 3.05) is 23.0 Å². The smallest absolute Gasteiger partial charge is 0.241 e. The quantitative estimate of drug-likeness (QED) is 0.768. The molecule has 148 valence electrons. The topological polar surface area (TPSA) is 57.7 Å². The van der Waals surface area contributed by atoms with Gasteiger partial charge in [0.1, 0.15) is 0 Å². The van der Waals surface area contributed by atoms with Crippen LogP contribution in [0.2, 0.25) is 5.02 Å². The second kappa shape index (κ2) is 7.17. The van der Waals surface area contributed by atoms with Crippen molar-refractivity contribution < 1.29 is 13.2 Å². The van der Waals surface area contributed by atoms with Gasteiger partial charge in [-0.05, 0) is 54.8 Å². The van der Waals surface area contributed by atoms with Gasteiger partial charge in [-0.2, -0.15) is 0 Å². The molecule has 0 aromatic heterocycles. The molecular weight excluding hydrogens is 396 g/mol. The summed E-state index contributed by atoms with van der Waals surface area (Å²) in [6.45, 7) is 4.75. The minimum absolute atomic E-state index is 0.00739. The Hall–Kier alpha value is -1.89. The Balaban J connectivity index is 1.67. The number of anilines is 1. The molecule has 2 aliphatic rings. The van der Waals surface area contributed by atoms with Crippen molar-refractivity contribution in [3.63, 3.8) is 0 Å². The third-order valence-electron chi connectivity index (χ3n) is 5.77. The first-order valence-corrected chi connectivity index (χ1v) is 11.5. The second-order valence-corrected chi connectivity index (χ2v) is 10.4. The Morgan fingerprint density at radius 1 is 1.00 bits per heavy atom. The molecule has 1 amide bonds. The van der Waals surface area contributed by atoms with Crippen molar-refractivity contribution in [3.05, 3.63) is 64.2 Å². The zero-order valence-corrected chi connectivity index (χ0v) is 17.5. The van der Waals surface area contributed by atoms with Crippen LogP contribution < -0.4 is 4.90 Å². The molecule has 2 aromatic carbocycles. The van der Waals surface area contributed by atoms with Gasteiger partial charge >= 0.3 is 0 Å². The average Bonchev–Trinajstić information content (AvgIpc) is 2.95. The first-order valence-electron chi connectivity index (χ1n) is 9.32. The number of aryl methyl sites for hydroxylation is 2. The Kier molecular flexibility index (Phi) is 4.98. The molecule has 2 fully saturated rings. The van der Waals surface area contributed by atoms with E-state index < -0.39 is 9.84 Å². The first kappa shape index (κ1) is 19.4. The van der Waals surface area contributed by atoms with Gasteiger partial charge in [0, 0.05) is 23.3 Å². The molecule has 28 heavy (non-hydrogen) atoms. The average molecular weight is 419 g/mol. The molecule has 0 bridgehead atoms. The maximum absolute atomic E-state index is 13.1. The number of nitrogens with zero attached hydrogens (tertiary/aromatic N) is 2. The number of carbonyl (C=O) groups excluding carboxylic acids is 1. The van der Waals surface area contributed by atoms with Crippen LogP contribution in [0.5, 0.6) is 0 Å². The first-order chi connectivity index (χ1) is 13.2. The van der Waals surface area contributed by atoms with Crippen LogP contribution in [-0.4, -0.2) is 49.4 Å². The summed E-state index contributed by atoms with van der Waals surface area (Å²) in [5.41, 5.74) is 4.03. The lowest BCUT2D eigenvalue weighted by Crippen LogP contribution is -2.61. The van der Waals surface area contributed by atoms with Crippen LogP contribution in [0.25, 0.3) is 0 Å². The van der Waals surface area contributed by atoms with E-state index in [9.17, 15) is 13.2 Å². The fraction of sp³-hybridized carbons (Fsp3) is 0.381. The van der Waals surface area contributed by atoms with Gasteiger partial charge < -0.3 is 4.90 Å². The largest absolute Gasteiger partial charge is 0.306 e. The minimum Gasteiger partial charge on any atom is -0.306 e. The van der Waals surface area contributed by atoms with Gasteiger partial charge in [-0.15, -0.1) is 0 Å². The van der Waals surface area contributed by atoms with E-state index in [2.05, 4.69) is 0 Å². The number of rotatable bonds is 3. The van der Waals surface area contributed by atoms with Crippen molar-refractivity contribution in [2.24, 2.45) is 0 Å². The Morgan fingerprint density at radius 3 is 2.36 bits per heavy atom. The fourth-order valence-electron chi connectivity index (χ4n) is 4.17. The van der Waals surface area contributed by atoms with Crippen molar-refractivity contribution in [1.82, 2.24) is 4.90 Å². The number of halogens is 1. The van der Waals surface area contributed by atoms with Crippen LogP contribution in [0.3, 0.4) is 0 Å². The maximum Gasteiger partial charge on any atom is 0.241 e. The summed E-state index contributed by atoms with van der Waals surface area (Å²) >= 11 is 5.96. The van der Waals surface area contributed by atoms with E-state index in [-0.39, 0.29) is 36.0 Å². The fourth-order valence-corrected chi connectivity index (χ4v) is 6.27. The van der Waals surface area contributed by atoms with Crippen molar-refractivity contribution in [3.8, 4) is 0 Å². The summed E-state index contributed by atoms with van der Waals surface area (Å²) in [6.07, 6.45) is 0. The van der Waals surface area contributed by atoms with E-state index in [1.165, 1.54) is 0 Å². The van der Waals surface area contributed by atoms with E-state index in [0.717, 1.165) is 22.4 Å². The van der Waals surface area contributed by atoms with Crippen LogP contribution in [0.1, 0.15) is 16.7 Å². The van der Waals surface area contributed by atoms with Crippen molar-refractivity contribution in [2.45, 2.75) is 32.5 Å². The molecular formula is C21H23ClN2O3S. The van der Waals surface area contributed by atoms with E-state index in [1.54, 1.807) is 4.90 Å². The molecule has 7 heteroatoms. The molecule has 2 saturated heterocycles. The third kappa shape index (κ3) is 3.69.